The normalized spacial score (nSPS) is 20.0. The molecule has 320 valence electrons. The first-order chi connectivity index (χ1) is 29.4. The Morgan fingerprint density at radius 2 is 1.79 bits per heavy atom. The maximum Gasteiger partial charge on any atom is 0.316 e. The first-order valence-corrected chi connectivity index (χ1v) is 22.4. The number of halogens is 1. The molecule has 5 aromatic rings. The molecule has 13 nitrogen and oxygen atoms in total. The van der Waals surface area contributed by atoms with Crippen molar-refractivity contribution in [3.8, 4) is 17.2 Å². The second-order valence-electron chi connectivity index (χ2n) is 17.1. The highest BCUT2D eigenvalue weighted by molar-refractivity contribution is 7.90. The number of pyridine rings is 1. The van der Waals surface area contributed by atoms with E-state index in [1.807, 2.05) is 36.4 Å². The number of carbonyl (C=O) groups excluding carboxylic acids is 1. The number of aliphatic hydroxyl groups is 1. The molecule has 2 aromatic heterocycles. The number of ether oxygens (including phenoxy) is 2. The summed E-state index contributed by atoms with van der Waals surface area (Å²) in [6, 6.07) is 21.3. The molecule has 1 saturated heterocycles. The number of carbonyl (C=O) groups is 1. The number of fused-ring (bicyclic) bond motifs is 1. The highest BCUT2D eigenvalue weighted by atomic mass is 35.5. The predicted octanol–water partition coefficient (Wildman–Crippen LogP) is 9.09. The van der Waals surface area contributed by atoms with Crippen LogP contribution in [0.4, 0.5) is 11.4 Å². The number of amides is 1. The maximum absolute atomic E-state index is 13.9. The molecule has 1 saturated carbocycles. The Labute approximate surface area is 363 Å². The number of nitro groups is 1. The van der Waals surface area contributed by atoms with Crippen molar-refractivity contribution in [1.29, 1.82) is 0 Å². The predicted molar refractivity (Wildman–Crippen MR) is 238 cm³/mol. The molecule has 1 atom stereocenters. The van der Waals surface area contributed by atoms with Crippen LogP contribution in [0.1, 0.15) is 74.7 Å². The lowest BCUT2D eigenvalue weighted by Crippen LogP contribution is -2.47. The molecule has 61 heavy (non-hydrogen) atoms. The number of aromatic amines is 1. The van der Waals surface area contributed by atoms with E-state index in [0.717, 1.165) is 80.9 Å². The number of aromatic nitrogens is 2. The number of nitrogens with one attached hydrogen (secondary N) is 2. The quantitative estimate of drug-likeness (QED) is 0.0590. The van der Waals surface area contributed by atoms with Gasteiger partial charge in [-0.1, -0.05) is 43.2 Å². The van der Waals surface area contributed by atoms with Gasteiger partial charge in [0, 0.05) is 61.1 Å². The molecule has 15 heteroatoms. The van der Waals surface area contributed by atoms with Gasteiger partial charge in [-0.15, -0.1) is 0 Å². The number of piperazine rings is 1. The van der Waals surface area contributed by atoms with Gasteiger partial charge < -0.3 is 29.0 Å². The number of anilines is 1. The fourth-order valence-electron chi connectivity index (χ4n) is 8.57. The second kappa shape index (κ2) is 18.5. The van der Waals surface area contributed by atoms with E-state index in [1.165, 1.54) is 34.9 Å². The monoisotopic (exact) mass is 866 g/mol. The third-order valence-corrected chi connectivity index (χ3v) is 13.5. The summed E-state index contributed by atoms with van der Waals surface area (Å²) in [5.41, 5.74) is 5.76. The molecule has 0 radical (unpaired) electrons. The zero-order valence-electron chi connectivity index (χ0n) is 34.4. The SMILES string of the molecule is CC1(C)CCC(CN2CCN(c3ccc(C(=O)N[S+]([O-])c4ccc(OCC5CCC(O)CC5)c([N+](=O)[O-])c4)c(Oc4cnc5[nH]ccc5c4)c3)CC2)=C(c2ccc(Cl)cc2)C1. The van der Waals surface area contributed by atoms with Gasteiger partial charge in [-0.25, -0.2) is 4.98 Å². The van der Waals surface area contributed by atoms with Crippen LogP contribution in [0, 0.1) is 21.4 Å². The van der Waals surface area contributed by atoms with E-state index in [0.29, 0.717) is 24.2 Å². The van der Waals surface area contributed by atoms with Crippen LogP contribution in [0.3, 0.4) is 0 Å². The number of benzene rings is 3. The molecule has 1 amide bonds. The average molecular weight is 867 g/mol. The third-order valence-electron chi connectivity index (χ3n) is 12.2. The van der Waals surface area contributed by atoms with Crippen molar-refractivity contribution in [3.63, 3.8) is 0 Å². The van der Waals surface area contributed by atoms with E-state index in [9.17, 15) is 24.6 Å². The van der Waals surface area contributed by atoms with Crippen molar-refractivity contribution < 1.29 is 28.9 Å². The van der Waals surface area contributed by atoms with Gasteiger partial charge in [-0.2, -0.15) is 4.72 Å². The van der Waals surface area contributed by atoms with Crippen LogP contribution < -0.4 is 19.1 Å². The van der Waals surface area contributed by atoms with Gasteiger partial charge in [0.2, 0.25) is 0 Å². The summed E-state index contributed by atoms with van der Waals surface area (Å²) < 4.78 is 28.3. The summed E-state index contributed by atoms with van der Waals surface area (Å²) in [6.45, 7) is 9.11. The van der Waals surface area contributed by atoms with Crippen molar-refractivity contribution in [2.75, 3.05) is 44.2 Å². The zero-order valence-corrected chi connectivity index (χ0v) is 36.0. The highest BCUT2D eigenvalue weighted by Crippen LogP contribution is 2.43. The molecule has 2 aliphatic carbocycles. The van der Waals surface area contributed by atoms with Crippen LogP contribution in [-0.4, -0.2) is 80.8 Å². The molecule has 3 N–H and O–H groups in total. The van der Waals surface area contributed by atoms with E-state index >= 15 is 0 Å². The Kier molecular flexibility index (Phi) is 12.9. The number of nitro benzene ring substituents is 1. The lowest BCUT2D eigenvalue weighted by Gasteiger charge is -2.39. The average Bonchev–Trinajstić information content (AvgIpc) is 3.72. The number of allylic oxidation sites excluding steroid dienone is 1. The molecular formula is C46H51ClN6O7S. The van der Waals surface area contributed by atoms with Crippen LogP contribution in [-0.2, 0) is 11.4 Å². The van der Waals surface area contributed by atoms with Crippen molar-refractivity contribution in [2.24, 2.45) is 11.3 Å². The Morgan fingerprint density at radius 1 is 1.02 bits per heavy atom. The molecule has 0 bridgehead atoms. The first kappa shape index (κ1) is 42.6. The van der Waals surface area contributed by atoms with Crippen molar-refractivity contribution in [3.05, 3.63) is 117 Å². The van der Waals surface area contributed by atoms with Gasteiger partial charge in [0.25, 0.3) is 5.91 Å². The summed E-state index contributed by atoms with van der Waals surface area (Å²) in [7, 11) is 0. The maximum atomic E-state index is 13.9. The molecule has 2 fully saturated rings. The van der Waals surface area contributed by atoms with Crippen molar-refractivity contribution >= 4 is 56.9 Å². The van der Waals surface area contributed by atoms with Gasteiger partial charge >= 0.3 is 5.69 Å². The summed E-state index contributed by atoms with van der Waals surface area (Å²) in [6.07, 6.45) is 9.17. The Balaban J connectivity index is 0.978. The second-order valence-corrected chi connectivity index (χ2v) is 18.8. The summed E-state index contributed by atoms with van der Waals surface area (Å²) in [5.74, 6) is 0.222. The zero-order chi connectivity index (χ0) is 42.7. The van der Waals surface area contributed by atoms with Gasteiger partial charge in [-0.3, -0.25) is 19.8 Å². The smallest absolute Gasteiger partial charge is 0.316 e. The van der Waals surface area contributed by atoms with E-state index < -0.39 is 22.2 Å². The fraction of sp³-hybridized carbons (Fsp3) is 0.391. The summed E-state index contributed by atoms with van der Waals surface area (Å²) in [5, 5.41) is 23.4. The van der Waals surface area contributed by atoms with Gasteiger partial charge in [0.1, 0.15) is 28.5 Å². The molecule has 3 heterocycles. The van der Waals surface area contributed by atoms with Crippen molar-refractivity contribution in [1.82, 2.24) is 19.6 Å². The summed E-state index contributed by atoms with van der Waals surface area (Å²) >= 11 is 4.09. The van der Waals surface area contributed by atoms with Crippen molar-refractivity contribution in [2.45, 2.75) is 69.8 Å². The number of H-pyrrole nitrogens is 1. The number of hydrogen-bond acceptors (Lipinski definition) is 10. The number of aliphatic hydroxyl groups excluding tert-OH is 1. The fourth-order valence-corrected chi connectivity index (χ4v) is 9.51. The lowest BCUT2D eigenvalue weighted by molar-refractivity contribution is -0.386. The van der Waals surface area contributed by atoms with E-state index in [1.54, 1.807) is 18.5 Å². The minimum absolute atomic E-state index is 0.0419. The molecule has 1 aliphatic heterocycles. The van der Waals surface area contributed by atoms with Gasteiger partial charge in [-0.05, 0) is 116 Å². The molecular weight excluding hydrogens is 816 g/mol. The minimum Gasteiger partial charge on any atom is -0.588 e. The first-order valence-electron chi connectivity index (χ1n) is 20.9. The van der Waals surface area contributed by atoms with Crippen LogP contribution in [0.25, 0.3) is 16.6 Å². The van der Waals surface area contributed by atoms with Crippen LogP contribution in [0.5, 0.6) is 17.2 Å². The number of nitrogens with zero attached hydrogens (tertiary/aromatic N) is 4. The largest absolute Gasteiger partial charge is 0.588 e. The summed E-state index contributed by atoms with van der Waals surface area (Å²) in [4.78, 5) is 37.7. The van der Waals surface area contributed by atoms with Crippen LogP contribution >= 0.6 is 11.6 Å². The molecule has 0 spiro atoms. The molecule has 3 aliphatic rings. The number of hydrogen-bond donors (Lipinski definition) is 3. The number of rotatable bonds is 13. The third kappa shape index (κ3) is 10.3. The Bertz CT molecular complexity index is 2410. The molecule has 1 unspecified atom stereocenters. The molecule has 3 aromatic carbocycles. The van der Waals surface area contributed by atoms with Crippen LogP contribution in [0.2, 0.25) is 5.02 Å². The van der Waals surface area contributed by atoms with Gasteiger partial charge in [0.15, 0.2) is 10.6 Å². The van der Waals surface area contributed by atoms with E-state index in [2.05, 4.69) is 50.5 Å². The lowest BCUT2D eigenvalue weighted by atomic mass is 9.72. The Morgan fingerprint density at radius 3 is 2.54 bits per heavy atom. The minimum atomic E-state index is -2.15. The highest BCUT2D eigenvalue weighted by Gasteiger charge is 2.31. The van der Waals surface area contributed by atoms with E-state index in [4.69, 9.17) is 21.1 Å². The molecule has 8 rings (SSSR count). The Hall–Kier alpha value is -5.12. The van der Waals surface area contributed by atoms with Crippen LogP contribution in [0.15, 0.2) is 95.7 Å². The standard InChI is InChI=1S/C46H51ClN6O7S/c1-46(2)17-15-33(40(26-46)31-5-7-34(47)8-6-31)28-51-19-21-52(22-20-51)35-9-13-39(43(24-35)60-37-23-32-16-18-48-44(32)49-27-37)45(55)50-61(58)38-12-14-42(41(25-38)53(56)57)59-29-30-3-10-36(54)11-4-30/h5-9,12-14,16,18,23-25,27,30,36,54H,3-4,10-11,15,17,19-22,26,28-29H2,1-2H3,(H,48,49)(H,50,55). The van der Waals surface area contributed by atoms with E-state index in [-0.39, 0.29) is 51.7 Å². The van der Waals surface area contributed by atoms with Gasteiger partial charge in [0.05, 0.1) is 35.5 Å². The topological polar surface area (TPSA) is 169 Å².